The molecule has 4 nitrogen and oxygen atoms in total. The number of amides is 2. The predicted molar refractivity (Wildman–Crippen MR) is 88.5 cm³/mol. The molecule has 0 spiro atoms. The fourth-order valence-corrected chi connectivity index (χ4v) is 3.69. The first-order valence-electron chi connectivity index (χ1n) is 8.09. The van der Waals surface area contributed by atoms with E-state index in [4.69, 9.17) is 0 Å². The summed E-state index contributed by atoms with van der Waals surface area (Å²) in [7, 11) is 0. The number of likely N-dealkylation sites (tertiary alicyclic amines) is 2. The minimum atomic E-state index is -0.514. The van der Waals surface area contributed by atoms with Crippen LogP contribution in [0, 0.1) is 11.7 Å². The van der Waals surface area contributed by atoms with Crippen molar-refractivity contribution in [3.63, 3.8) is 0 Å². The van der Waals surface area contributed by atoms with E-state index in [1.54, 1.807) is 11.0 Å². The van der Waals surface area contributed by atoms with Gasteiger partial charge >= 0.3 is 0 Å². The fraction of sp³-hybridized carbons (Fsp3) is 0.529. The van der Waals surface area contributed by atoms with Crippen molar-refractivity contribution in [2.45, 2.75) is 25.7 Å². The van der Waals surface area contributed by atoms with Gasteiger partial charge in [-0.05, 0) is 43.9 Å². The summed E-state index contributed by atoms with van der Waals surface area (Å²) in [5.74, 6) is -0.571. The summed E-state index contributed by atoms with van der Waals surface area (Å²) in [6.07, 6.45) is 3.51. The molecule has 1 aromatic carbocycles. The van der Waals surface area contributed by atoms with Gasteiger partial charge in [-0.15, -0.1) is 0 Å². The average Bonchev–Trinajstić information content (AvgIpc) is 3.08. The molecule has 2 heterocycles. The van der Waals surface area contributed by atoms with Crippen LogP contribution in [0.25, 0.3) is 0 Å². The van der Waals surface area contributed by atoms with Crippen LogP contribution in [0.2, 0.25) is 0 Å². The Kier molecular flexibility index (Phi) is 4.99. The van der Waals surface area contributed by atoms with Gasteiger partial charge in [-0.1, -0.05) is 15.9 Å². The first kappa shape index (κ1) is 16.4. The van der Waals surface area contributed by atoms with E-state index in [9.17, 15) is 14.0 Å². The quantitative estimate of drug-likeness (QED) is 0.788. The molecule has 2 aliphatic heterocycles. The van der Waals surface area contributed by atoms with Gasteiger partial charge in [0.15, 0.2) is 0 Å². The highest BCUT2D eigenvalue weighted by atomic mass is 79.9. The maximum absolute atomic E-state index is 13.9. The second-order valence-corrected chi connectivity index (χ2v) is 7.14. The molecule has 0 aliphatic carbocycles. The Morgan fingerprint density at radius 2 is 1.70 bits per heavy atom. The van der Waals surface area contributed by atoms with Crippen molar-refractivity contribution in [3.05, 3.63) is 34.1 Å². The minimum Gasteiger partial charge on any atom is -0.342 e. The SMILES string of the molecule is O=C(c1ccc(Br)cc1F)N1CCC(C(=O)N2CCCC2)CC1. The van der Waals surface area contributed by atoms with Crippen molar-refractivity contribution >= 4 is 27.7 Å². The first-order chi connectivity index (χ1) is 11.1. The molecule has 1 aromatic rings. The molecular formula is C17H20BrFN2O2. The van der Waals surface area contributed by atoms with Crippen LogP contribution in [0.4, 0.5) is 4.39 Å². The van der Waals surface area contributed by atoms with E-state index in [0.29, 0.717) is 30.4 Å². The number of hydrogen-bond acceptors (Lipinski definition) is 2. The van der Waals surface area contributed by atoms with Gasteiger partial charge in [-0.3, -0.25) is 9.59 Å². The molecule has 6 heteroatoms. The van der Waals surface area contributed by atoms with Crippen molar-refractivity contribution in [1.82, 2.24) is 9.80 Å². The number of hydrogen-bond donors (Lipinski definition) is 0. The van der Waals surface area contributed by atoms with Crippen LogP contribution in [0.3, 0.4) is 0 Å². The maximum Gasteiger partial charge on any atom is 0.256 e. The molecule has 0 saturated carbocycles. The van der Waals surface area contributed by atoms with Crippen molar-refractivity contribution < 1.29 is 14.0 Å². The Bertz CT molecular complexity index is 609. The second kappa shape index (κ2) is 6.99. The van der Waals surface area contributed by atoms with Crippen LogP contribution in [0.15, 0.2) is 22.7 Å². The van der Waals surface area contributed by atoms with Crippen molar-refractivity contribution in [3.8, 4) is 0 Å². The number of benzene rings is 1. The highest BCUT2D eigenvalue weighted by molar-refractivity contribution is 9.10. The van der Waals surface area contributed by atoms with Crippen LogP contribution in [-0.4, -0.2) is 47.8 Å². The van der Waals surface area contributed by atoms with Gasteiger partial charge in [0.2, 0.25) is 5.91 Å². The van der Waals surface area contributed by atoms with Crippen LogP contribution < -0.4 is 0 Å². The summed E-state index contributed by atoms with van der Waals surface area (Å²) in [5, 5.41) is 0. The molecule has 0 atom stereocenters. The number of piperidine rings is 1. The summed E-state index contributed by atoms with van der Waals surface area (Å²) in [4.78, 5) is 28.4. The lowest BCUT2D eigenvalue weighted by Crippen LogP contribution is -2.44. The molecule has 0 N–H and O–H groups in total. The third kappa shape index (κ3) is 3.57. The summed E-state index contributed by atoms with van der Waals surface area (Å²) in [6, 6.07) is 4.47. The summed E-state index contributed by atoms with van der Waals surface area (Å²) < 4.78 is 14.5. The highest BCUT2D eigenvalue weighted by Crippen LogP contribution is 2.24. The van der Waals surface area contributed by atoms with E-state index >= 15 is 0 Å². The number of nitrogens with zero attached hydrogens (tertiary/aromatic N) is 2. The Morgan fingerprint density at radius 1 is 1.04 bits per heavy atom. The number of halogens is 2. The third-order valence-electron chi connectivity index (χ3n) is 4.71. The van der Waals surface area contributed by atoms with Crippen molar-refractivity contribution in [1.29, 1.82) is 0 Å². The number of rotatable bonds is 2. The zero-order chi connectivity index (χ0) is 16.4. The Balaban J connectivity index is 1.60. The van der Waals surface area contributed by atoms with Gasteiger partial charge in [0.1, 0.15) is 5.82 Å². The number of carbonyl (C=O) groups excluding carboxylic acids is 2. The van der Waals surface area contributed by atoms with Gasteiger partial charge in [0.05, 0.1) is 5.56 Å². The Labute approximate surface area is 143 Å². The first-order valence-corrected chi connectivity index (χ1v) is 8.88. The average molecular weight is 383 g/mol. The van der Waals surface area contributed by atoms with E-state index in [0.717, 1.165) is 25.9 Å². The largest absolute Gasteiger partial charge is 0.342 e. The predicted octanol–water partition coefficient (Wildman–Crippen LogP) is 3.06. The van der Waals surface area contributed by atoms with Crippen molar-refractivity contribution in [2.24, 2.45) is 5.92 Å². The normalized spacial score (nSPS) is 19.2. The molecule has 2 aliphatic rings. The molecule has 0 bridgehead atoms. The Morgan fingerprint density at radius 3 is 2.30 bits per heavy atom. The van der Waals surface area contributed by atoms with E-state index in [-0.39, 0.29) is 23.3 Å². The van der Waals surface area contributed by atoms with Crippen LogP contribution >= 0.6 is 15.9 Å². The van der Waals surface area contributed by atoms with E-state index < -0.39 is 5.82 Å². The van der Waals surface area contributed by atoms with E-state index in [1.807, 2.05) is 4.90 Å². The van der Waals surface area contributed by atoms with Gasteiger partial charge < -0.3 is 9.80 Å². The van der Waals surface area contributed by atoms with E-state index in [1.165, 1.54) is 12.1 Å². The zero-order valence-electron chi connectivity index (χ0n) is 12.9. The lowest BCUT2D eigenvalue weighted by Gasteiger charge is -2.33. The Hall–Kier alpha value is -1.43. The highest BCUT2D eigenvalue weighted by Gasteiger charge is 2.31. The number of carbonyl (C=O) groups is 2. The molecule has 23 heavy (non-hydrogen) atoms. The fourth-order valence-electron chi connectivity index (χ4n) is 3.36. The van der Waals surface area contributed by atoms with Gasteiger partial charge in [-0.25, -0.2) is 4.39 Å². The van der Waals surface area contributed by atoms with Gasteiger partial charge in [-0.2, -0.15) is 0 Å². The molecular weight excluding hydrogens is 363 g/mol. The smallest absolute Gasteiger partial charge is 0.256 e. The van der Waals surface area contributed by atoms with Gasteiger partial charge in [0.25, 0.3) is 5.91 Å². The molecule has 3 rings (SSSR count). The maximum atomic E-state index is 13.9. The summed E-state index contributed by atoms with van der Waals surface area (Å²) >= 11 is 3.19. The lowest BCUT2D eigenvalue weighted by atomic mass is 9.95. The molecule has 2 fully saturated rings. The molecule has 0 unspecified atom stereocenters. The van der Waals surface area contributed by atoms with Crippen LogP contribution in [0.1, 0.15) is 36.0 Å². The lowest BCUT2D eigenvalue weighted by molar-refractivity contribution is -0.135. The van der Waals surface area contributed by atoms with Crippen molar-refractivity contribution in [2.75, 3.05) is 26.2 Å². The third-order valence-corrected chi connectivity index (χ3v) is 5.20. The molecule has 0 aromatic heterocycles. The topological polar surface area (TPSA) is 40.6 Å². The second-order valence-electron chi connectivity index (χ2n) is 6.22. The summed E-state index contributed by atoms with van der Waals surface area (Å²) in [6.45, 7) is 2.75. The minimum absolute atomic E-state index is 0.00640. The van der Waals surface area contributed by atoms with E-state index in [2.05, 4.69) is 15.9 Å². The van der Waals surface area contributed by atoms with Crippen LogP contribution in [0.5, 0.6) is 0 Å². The summed E-state index contributed by atoms with van der Waals surface area (Å²) in [5.41, 5.74) is 0.0949. The van der Waals surface area contributed by atoms with Crippen LogP contribution in [-0.2, 0) is 4.79 Å². The monoisotopic (exact) mass is 382 g/mol. The van der Waals surface area contributed by atoms with Gasteiger partial charge in [0, 0.05) is 36.6 Å². The molecule has 124 valence electrons. The molecule has 2 saturated heterocycles. The molecule has 0 radical (unpaired) electrons. The zero-order valence-corrected chi connectivity index (χ0v) is 14.5. The standard InChI is InChI=1S/C17H20BrFN2O2/c18-13-3-4-14(15(19)11-13)17(23)21-9-5-12(6-10-21)16(22)20-7-1-2-8-20/h3-4,11-12H,1-2,5-10H2. The molecule has 2 amide bonds.